The van der Waals surface area contributed by atoms with E-state index in [2.05, 4.69) is 30.2 Å². The molecule has 1 aliphatic rings. The molecule has 4 aromatic rings. The lowest BCUT2D eigenvalue weighted by atomic mass is 9.73. The third kappa shape index (κ3) is 4.54. The standard InChI is InChI=1S/C29H27Cl2N3O2/c1-16-25(28(36)32-11-10-18-15-33-22-7-5-4-6-19(18)22)26(17-8-9-20(30)21(31)12-17)27-23(34-16)13-29(2,3)14-24(27)35/h4-9,12,15,33H,10-11,13-14H2,1-3H3,(H,32,36). The average Bonchev–Trinajstić information content (AvgIpc) is 3.22. The van der Waals surface area contributed by atoms with Gasteiger partial charge in [0.15, 0.2) is 5.78 Å². The van der Waals surface area contributed by atoms with Gasteiger partial charge < -0.3 is 10.3 Å². The Labute approximate surface area is 220 Å². The Bertz CT molecular complexity index is 1520. The molecule has 2 N–H and O–H groups in total. The molecule has 1 amide bonds. The molecule has 1 aliphatic carbocycles. The van der Waals surface area contributed by atoms with E-state index in [9.17, 15) is 9.59 Å². The summed E-state index contributed by atoms with van der Waals surface area (Å²) in [7, 11) is 0. The van der Waals surface area contributed by atoms with Crippen LogP contribution in [0, 0.1) is 12.3 Å². The fourth-order valence-corrected chi connectivity index (χ4v) is 5.49. The van der Waals surface area contributed by atoms with Crippen LogP contribution >= 0.6 is 23.2 Å². The second kappa shape index (κ2) is 9.38. The van der Waals surface area contributed by atoms with E-state index in [1.54, 1.807) is 18.2 Å². The molecule has 0 saturated heterocycles. The zero-order chi connectivity index (χ0) is 25.6. The molecule has 0 radical (unpaired) electrons. The molecule has 5 rings (SSSR count). The number of nitrogens with zero attached hydrogens (tertiary/aromatic N) is 1. The van der Waals surface area contributed by atoms with Crippen molar-refractivity contribution in [2.45, 2.75) is 40.0 Å². The third-order valence-corrected chi connectivity index (χ3v) is 7.55. The van der Waals surface area contributed by atoms with Crippen molar-refractivity contribution in [2.75, 3.05) is 6.54 Å². The van der Waals surface area contributed by atoms with Crippen LogP contribution in [0.3, 0.4) is 0 Å². The fraction of sp³-hybridized carbons (Fsp3) is 0.276. The Kier molecular flexibility index (Phi) is 6.39. The van der Waals surface area contributed by atoms with Crippen molar-refractivity contribution in [3.63, 3.8) is 0 Å². The Morgan fingerprint density at radius 2 is 1.86 bits per heavy atom. The summed E-state index contributed by atoms with van der Waals surface area (Å²) in [6, 6.07) is 13.3. The Hall–Kier alpha value is -3.15. The first-order valence-electron chi connectivity index (χ1n) is 12.0. The molecule has 2 aromatic carbocycles. The van der Waals surface area contributed by atoms with Gasteiger partial charge in [0, 0.05) is 41.2 Å². The molecule has 0 fully saturated rings. The maximum atomic E-state index is 13.6. The highest BCUT2D eigenvalue weighted by Crippen LogP contribution is 2.41. The Balaban J connectivity index is 1.53. The number of hydrogen-bond donors (Lipinski definition) is 2. The Morgan fingerprint density at radius 1 is 1.08 bits per heavy atom. The molecule has 5 nitrogen and oxygen atoms in total. The maximum Gasteiger partial charge on any atom is 0.253 e. The van der Waals surface area contributed by atoms with Gasteiger partial charge in [0.25, 0.3) is 5.91 Å². The van der Waals surface area contributed by atoms with Crippen LogP contribution in [0.4, 0.5) is 0 Å². The van der Waals surface area contributed by atoms with Crippen LogP contribution in [0.5, 0.6) is 0 Å². The number of Topliss-reactive ketones (excluding diaryl/α,β-unsaturated/α-hetero) is 1. The highest BCUT2D eigenvalue weighted by Gasteiger charge is 2.36. The van der Waals surface area contributed by atoms with Gasteiger partial charge in [-0.15, -0.1) is 0 Å². The summed E-state index contributed by atoms with van der Waals surface area (Å²) in [5.41, 5.74) is 5.50. The molecule has 2 aromatic heterocycles. The predicted molar refractivity (Wildman–Crippen MR) is 145 cm³/mol. The lowest BCUT2D eigenvalue weighted by Crippen LogP contribution is -2.32. The number of pyridine rings is 1. The minimum Gasteiger partial charge on any atom is -0.361 e. The number of carbonyl (C=O) groups excluding carboxylic acids is 2. The second-order valence-electron chi connectivity index (χ2n) is 10.2. The van der Waals surface area contributed by atoms with E-state index in [0.29, 0.717) is 63.8 Å². The van der Waals surface area contributed by atoms with Crippen molar-refractivity contribution in [1.29, 1.82) is 0 Å². The minimum atomic E-state index is -0.263. The van der Waals surface area contributed by atoms with Gasteiger partial charge in [0.05, 0.1) is 27.0 Å². The molecule has 2 heterocycles. The number of amides is 1. The van der Waals surface area contributed by atoms with E-state index in [1.807, 2.05) is 31.3 Å². The van der Waals surface area contributed by atoms with Crippen molar-refractivity contribution >= 4 is 45.8 Å². The van der Waals surface area contributed by atoms with Crippen molar-refractivity contribution in [2.24, 2.45) is 5.41 Å². The zero-order valence-electron chi connectivity index (χ0n) is 20.5. The Morgan fingerprint density at radius 3 is 2.64 bits per heavy atom. The summed E-state index contributed by atoms with van der Waals surface area (Å²) in [6.45, 7) is 6.39. The third-order valence-electron chi connectivity index (χ3n) is 6.81. The number of aromatic amines is 1. The van der Waals surface area contributed by atoms with Crippen molar-refractivity contribution in [1.82, 2.24) is 15.3 Å². The number of rotatable bonds is 5. The van der Waals surface area contributed by atoms with Crippen LogP contribution < -0.4 is 5.32 Å². The summed E-state index contributed by atoms with van der Waals surface area (Å²) < 4.78 is 0. The summed E-state index contributed by atoms with van der Waals surface area (Å²) in [4.78, 5) is 35.0. The van der Waals surface area contributed by atoms with E-state index in [0.717, 1.165) is 22.2 Å². The fourth-order valence-electron chi connectivity index (χ4n) is 5.19. The van der Waals surface area contributed by atoms with E-state index in [1.165, 1.54) is 0 Å². The summed E-state index contributed by atoms with van der Waals surface area (Å²) in [6.07, 6.45) is 3.69. The van der Waals surface area contributed by atoms with Gasteiger partial charge >= 0.3 is 0 Å². The van der Waals surface area contributed by atoms with Crippen molar-refractivity contribution < 1.29 is 9.59 Å². The maximum absolute atomic E-state index is 13.6. The largest absolute Gasteiger partial charge is 0.361 e. The lowest BCUT2D eigenvalue weighted by molar-refractivity contribution is 0.0911. The molecule has 0 atom stereocenters. The highest BCUT2D eigenvalue weighted by molar-refractivity contribution is 6.42. The van der Waals surface area contributed by atoms with E-state index in [4.69, 9.17) is 28.2 Å². The number of aromatic nitrogens is 2. The molecule has 0 spiro atoms. The number of fused-ring (bicyclic) bond motifs is 2. The first kappa shape index (κ1) is 24.5. The monoisotopic (exact) mass is 519 g/mol. The van der Waals surface area contributed by atoms with Crippen LogP contribution in [0.2, 0.25) is 10.0 Å². The van der Waals surface area contributed by atoms with Gasteiger partial charge in [0.2, 0.25) is 0 Å². The molecule has 0 unspecified atom stereocenters. The average molecular weight is 520 g/mol. The van der Waals surface area contributed by atoms with Crippen molar-refractivity contribution in [3.05, 3.63) is 86.8 Å². The summed E-state index contributed by atoms with van der Waals surface area (Å²) >= 11 is 12.5. The molecule has 36 heavy (non-hydrogen) atoms. The van der Waals surface area contributed by atoms with E-state index in [-0.39, 0.29) is 17.1 Å². The molecule has 0 saturated carbocycles. The number of benzene rings is 2. The van der Waals surface area contributed by atoms with Crippen LogP contribution in [-0.4, -0.2) is 28.2 Å². The molecule has 184 valence electrons. The first-order chi connectivity index (χ1) is 17.1. The smallest absolute Gasteiger partial charge is 0.253 e. The quantitative estimate of drug-likeness (QED) is 0.298. The highest BCUT2D eigenvalue weighted by atomic mass is 35.5. The lowest BCUT2D eigenvalue weighted by Gasteiger charge is -2.32. The number of halogens is 2. The van der Waals surface area contributed by atoms with Gasteiger partial charge in [-0.1, -0.05) is 61.3 Å². The molecular weight excluding hydrogens is 493 g/mol. The molecular formula is C29H27Cl2N3O2. The van der Waals surface area contributed by atoms with Crippen LogP contribution in [-0.2, 0) is 12.8 Å². The van der Waals surface area contributed by atoms with Crippen LogP contribution in [0.25, 0.3) is 22.0 Å². The van der Waals surface area contributed by atoms with Gasteiger partial charge in [-0.05, 0) is 54.5 Å². The van der Waals surface area contributed by atoms with Crippen LogP contribution in [0.15, 0.2) is 48.7 Å². The van der Waals surface area contributed by atoms with Gasteiger partial charge in [0.1, 0.15) is 0 Å². The number of carbonyl (C=O) groups is 2. The number of aryl methyl sites for hydroxylation is 1. The SMILES string of the molecule is Cc1nc2c(c(-c3ccc(Cl)c(Cl)c3)c1C(=O)NCCc1c[nH]c3ccccc13)C(=O)CC(C)(C)C2. The zero-order valence-corrected chi connectivity index (χ0v) is 22.0. The van der Waals surface area contributed by atoms with E-state index >= 15 is 0 Å². The molecule has 0 aliphatic heterocycles. The number of ketones is 1. The van der Waals surface area contributed by atoms with Gasteiger partial charge in [-0.2, -0.15) is 0 Å². The van der Waals surface area contributed by atoms with E-state index < -0.39 is 0 Å². The van der Waals surface area contributed by atoms with Gasteiger partial charge in [-0.3, -0.25) is 14.6 Å². The first-order valence-corrected chi connectivity index (χ1v) is 12.8. The molecule has 7 heteroatoms. The number of H-pyrrole nitrogens is 1. The number of para-hydroxylation sites is 1. The topological polar surface area (TPSA) is 74.8 Å². The second-order valence-corrected chi connectivity index (χ2v) is 11.0. The normalized spacial score (nSPS) is 14.6. The predicted octanol–water partition coefficient (Wildman–Crippen LogP) is 6.97. The molecule has 0 bridgehead atoms. The number of nitrogens with one attached hydrogen (secondary N) is 2. The van der Waals surface area contributed by atoms with Crippen molar-refractivity contribution in [3.8, 4) is 11.1 Å². The van der Waals surface area contributed by atoms with Crippen LogP contribution in [0.1, 0.15) is 57.9 Å². The number of hydrogen-bond acceptors (Lipinski definition) is 3. The summed E-state index contributed by atoms with van der Waals surface area (Å²) in [5.74, 6) is -0.274. The van der Waals surface area contributed by atoms with Gasteiger partial charge in [-0.25, -0.2) is 0 Å². The summed E-state index contributed by atoms with van der Waals surface area (Å²) in [5, 5.41) is 4.98. The minimum absolute atomic E-state index is 0.0114.